The highest BCUT2D eigenvalue weighted by Crippen LogP contribution is 2.12. The second kappa shape index (κ2) is 6.37. The maximum Gasteiger partial charge on any atom is 0.238 e. The van der Waals surface area contributed by atoms with E-state index in [-0.39, 0.29) is 5.91 Å². The molecule has 1 heterocycles. The predicted octanol–water partition coefficient (Wildman–Crippen LogP) is 0.999. The zero-order valence-electron chi connectivity index (χ0n) is 10.6. The molecule has 0 aromatic heterocycles. The van der Waals surface area contributed by atoms with Crippen molar-refractivity contribution in [3.8, 4) is 0 Å². The zero-order valence-corrected chi connectivity index (χ0v) is 10.6. The Hall–Kier alpha value is -1.59. The minimum atomic E-state index is 0.0223. The van der Waals surface area contributed by atoms with Crippen molar-refractivity contribution in [3.05, 3.63) is 24.3 Å². The molecule has 5 heteroatoms. The van der Waals surface area contributed by atoms with Gasteiger partial charge in [0, 0.05) is 31.5 Å². The molecule has 1 aromatic carbocycles. The Balaban J connectivity index is 1.82. The normalized spacial score (nSPS) is 16.3. The third-order valence-electron chi connectivity index (χ3n) is 2.93. The Morgan fingerprint density at radius 3 is 2.44 bits per heavy atom. The van der Waals surface area contributed by atoms with Gasteiger partial charge in [-0.15, -0.1) is 0 Å². The molecule has 0 unspecified atom stereocenters. The lowest BCUT2D eigenvalue weighted by Crippen LogP contribution is -2.41. The zero-order chi connectivity index (χ0) is 12.8. The largest absolute Gasteiger partial charge is 0.388 e. The molecule has 2 rings (SSSR count). The molecule has 0 bridgehead atoms. The van der Waals surface area contributed by atoms with Crippen LogP contribution in [-0.2, 0) is 9.53 Å². The van der Waals surface area contributed by atoms with E-state index in [1.54, 1.807) is 0 Å². The van der Waals surface area contributed by atoms with Crippen molar-refractivity contribution in [1.29, 1.82) is 0 Å². The fourth-order valence-electron chi connectivity index (χ4n) is 1.88. The number of rotatable bonds is 4. The van der Waals surface area contributed by atoms with Gasteiger partial charge in [0.25, 0.3) is 0 Å². The summed E-state index contributed by atoms with van der Waals surface area (Å²) >= 11 is 0. The van der Waals surface area contributed by atoms with E-state index in [1.165, 1.54) is 0 Å². The minimum absolute atomic E-state index is 0.0223. The number of anilines is 2. The molecule has 98 valence electrons. The lowest BCUT2D eigenvalue weighted by molar-refractivity contribution is -0.118. The van der Waals surface area contributed by atoms with Crippen molar-refractivity contribution in [2.45, 2.75) is 0 Å². The van der Waals surface area contributed by atoms with Gasteiger partial charge < -0.3 is 15.4 Å². The molecule has 2 N–H and O–H groups in total. The van der Waals surface area contributed by atoms with E-state index in [9.17, 15) is 4.79 Å². The summed E-state index contributed by atoms with van der Waals surface area (Å²) < 4.78 is 5.24. The van der Waals surface area contributed by atoms with Gasteiger partial charge in [-0.3, -0.25) is 9.69 Å². The number of nitrogens with one attached hydrogen (secondary N) is 2. The van der Waals surface area contributed by atoms with Gasteiger partial charge in [-0.05, 0) is 24.3 Å². The average molecular weight is 249 g/mol. The van der Waals surface area contributed by atoms with Crippen molar-refractivity contribution in [2.75, 3.05) is 50.5 Å². The molecule has 1 fully saturated rings. The van der Waals surface area contributed by atoms with Gasteiger partial charge in [-0.1, -0.05) is 0 Å². The molecular weight excluding hydrogens is 230 g/mol. The van der Waals surface area contributed by atoms with Gasteiger partial charge in [0.15, 0.2) is 0 Å². The highest BCUT2D eigenvalue weighted by Gasteiger charge is 2.13. The van der Waals surface area contributed by atoms with Gasteiger partial charge in [0.2, 0.25) is 5.91 Å². The van der Waals surface area contributed by atoms with E-state index in [0.29, 0.717) is 19.8 Å². The van der Waals surface area contributed by atoms with Crippen LogP contribution >= 0.6 is 0 Å². The van der Waals surface area contributed by atoms with Crippen molar-refractivity contribution in [1.82, 2.24) is 4.90 Å². The van der Waals surface area contributed by atoms with E-state index < -0.39 is 0 Å². The average Bonchev–Trinajstić information content (AvgIpc) is 2.40. The maximum atomic E-state index is 11.8. The van der Waals surface area contributed by atoms with Crippen molar-refractivity contribution < 1.29 is 9.53 Å². The summed E-state index contributed by atoms with van der Waals surface area (Å²) in [5.74, 6) is 0.0223. The molecule has 1 aromatic rings. The Morgan fingerprint density at radius 2 is 1.83 bits per heavy atom. The molecule has 5 nitrogen and oxygen atoms in total. The van der Waals surface area contributed by atoms with Crippen LogP contribution in [0.4, 0.5) is 11.4 Å². The number of amides is 1. The van der Waals surface area contributed by atoms with Crippen molar-refractivity contribution >= 4 is 17.3 Å². The SMILES string of the molecule is CNc1ccc(NC(=O)CN2CCOCC2)cc1. The summed E-state index contributed by atoms with van der Waals surface area (Å²) in [4.78, 5) is 13.9. The fourth-order valence-corrected chi connectivity index (χ4v) is 1.88. The molecule has 0 atom stereocenters. The summed E-state index contributed by atoms with van der Waals surface area (Å²) in [5, 5.41) is 5.93. The van der Waals surface area contributed by atoms with Gasteiger partial charge >= 0.3 is 0 Å². The third kappa shape index (κ3) is 3.72. The van der Waals surface area contributed by atoms with Crippen LogP contribution in [0.15, 0.2) is 24.3 Å². The van der Waals surface area contributed by atoms with Crippen LogP contribution in [0.2, 0.25) is 0 Å². The Kier molecular flexibility index (Phi) is 4.55. The molecule has 18 heavy (non-hydrogen) atoms. The molecule has 0 spiro atoms. The van der Waals surface area contributed by atoms with Crippen LogP contribution in [0.5, 0.6) is 0 Å². The molecule has 0 saturated carbocycles. The second-order valence-corrected chi connectivity index (χ2v) is 4.26. The summed E-state index contributed by atoms with van der Waals surface area (Å²) in [7, 11) is 1.87. The number of hydrogen-bond acceptors (Lipinski definition) is 4. The first-order chi connectivity index (χ1) is 8.78. The highest BCUT2D eigenvalue weighted by atomic mass is 16.5. The predicted molar refractivity (Wildman–Crippen MR) is 71.9 cm³/mol. The molecule has 1 saturated heterocycles. The monoisotopic (exact) mass is 249 g/mol. The van der Waals surface area contributed by atoms with Crippen LogP contribution in [0.3, 0.4) is 0 Å². The van der Waals surface area contributed by atoms with Crippen LogP contribution in [-0.4, -0.2) is 50.7 Å². The number of nitrogens with zero attached hydrogens (tertiary/aromatic N) is 1. The van der Waals surface area contributed by atoms with E-state index in [4.69, 9.17) is 4.74 Å². The van der Waals surface area contributed by atoms with Gasteiger partial charge in [-0.25, -0.2) is 0 Å². The number of morpholine rings is 1. The molecular formula is C13H19N3O2. The Morgan fingerprint density at radius 1 is 1.22 bits per heavy atom. The first kappa shape index (κ1) is 12.9. The van der Waals surface area contributed by atoms with Crippen LogP contribution in [0.25, 0.3) is 0 Å². The standard InChI is InChI=1S/C13H19N3O2/c1-14-11-2-4-12(5-3-11)15-13(17)10-16-6-8-18-9-7-16/h2-5,14H,6-10H2,1H3,(H,15,17). The molecule has 1 aliphatic rings. The smallest absolute Gasteiger partial charge is 0.238 e. The van der Waals surface area contributed by atoms with E-state index in [2.05, 4.69) is 15.5 Å². The first-order valence-corrected chi connectivity index (χ1v) is 6.16. The Bertz CT molecular complexity index is 386. The minimum Gasteiger partial charge on any atom is -0.388 e. The first-order valence-electron chi connectivity index (χ1n) is 6.16. The van der Waals surface area contributed by atoms with E-state index in [1.807, 2.05) is 31.3 Å². The van der Waals surface area contributed by atoms with Crippen molar-refractivity contribution in [3.63, 3.8) is 0 Å². The number of carbonyl (C=O) groups is 1. The molecule has 0 radical (unpaired) electrons. The Labute approximate surface area is 107 Å². The summed E-state index contributed by atoms with van der Waals surface area (Å²) in [5.41, 5.74) is 1.86. The fraction of sp³-hybridized carbons (Fsp3) is 0.462. The van der Waals surface area contributed by atoms with Crippen LogP contribution < -0.4 is 10.6 Å². The quantitative estimate of drug-likeness (QED) is 0.836. The molecule has 1 amide bonds. The number of benzene rings is 1. The maximum absolute atomic E-state index is 11.8. The highest BCUT2D eigenvalue weighted by molar-refractivity contribution is 5.92. The van der Waals surface area contributed by atoms with Gasteiger partial charge in [-0.2, -0.15) is 0 Å². The van der Waals surface area contributed by atoms with Crippen LogP contribution in [0, 0.1) is 0 Å². The third-order valence-corrected chi connectivity index (χ3v) is 2.93. The second-order valence-electron chi connectivity index (χ2n) is 4.26. The van der Waals surface area contributed by atoms with Crippen molar-refractivity contribution in [2.24, 2.45) is 0 Å². The number of carbonyl (C=O) groups excluding carboxylic acids is 1. The van der Waals surface area contributed by atoms with Gasteiger partial charge in [0.1, 0.15) is 0 Å². The summed E-state index contributed by atoms with van der Waals surface area (Å²) in [6.07, 6.45) is 0. The summed E-state index contributed by atoms with van der Waals surface area (Å²) in [6, 6.07) is 7.65. The van der Waals surface area contributed by atoms with E-state index in [0.717, 1.165) is 24.5 Å². The number of ether oxygens (including phenoxy) is 1. The lowest BCUT2D eigenvalue weighted by atomic mass is 10.3. The number of hydrogen-bond donors (Lipinski definition) is 2. The molecule has 1 aliphatic heterocycles. The lowest BCUT2D eigenvalue weighted by Gasteiger charge is -2.25. The van der Waals surface area contributed by atoms with E-state index >= 15 is 0 Å². The van der Waals surface area contributed by atoms with Crippen LogP contribution in [0.1, 0.15) is 0 Å². The summed E-state index contributed by atoms with van der Waals surface area (Å²) in [6.45, 7) is 3.50. The topological polar surface area (TPSA) is 53.6 Å². The van der Waals surface area contributed by atoms with Gasteiger partial charge in [0.05, 0.1) is 19.8 Å². The molecule has 0 aliphatic carbocycles.